The van der Waals surface area contributed by atoms with Gasteiger partial charge in [0.15, 0.2) is 0 Å². The Morgan fingerprint density at radius 1 is 0.187 bits per heavy atom. The number of para-hydroxylation sites is 2. The topological polar surface area (TPSA) is 72.2 Å². The fourth-order valence-electron chi connectivity index (χ4n) is 11.9. The number of rotatable bonds is 6. The lowest BCUT2D eigenvalue weighted by Gasteiger charge is -2.26. The molecule has 12 aromatic carbocycles. The number of benzene rings is 12. The van der Waals surface area contributed by atoms with Gasteiger partial charge < -0.3 is 31.9 Å². The minimum absolute atomic E-state index is 0.778. The summed E-state index contributed by atoms with van der Waals surface area (Å²) in [5, 5.41) is 14.9. The van der Waals surface area contributed by atoms with Gasteiger partial charge in [0.25, 0.3) is 0 Å². The van der Waals surface area contributed by atoms with E-state index >= 15 is 0 Å². The third-order valence-electron chi connectivity index (χ3n) is 15.4. The van der Waals surface area contributed by atoms with Gasteiger partial charge in [-0.15, -0.1) is 0 Å². The fraction of sp³-hybridized carbons (Fsp3) is 0. The molecule has 0 unspecified atom stereocenters. The van der Waals surface area contributed by atoms with Gasteiger partial charge in [-0.25, -0.2) is 0 Å². The zero-order valence-corrected chi connectivity index (χ0v) is 39.9. The van der Waals surface area contributed by atoms with E-state index in [1.807, 2.05) is 24.3 Å². The highest BCUT2D eigenvalue weighted by molar-refractivity contribution is 6.19. The Kier molecular flexibility index (Phi) is 8.15. The van der Waals surface area contributed by atoms with Crippen molar-refractivity contribution in [3.63, 3.8) is 0 Å². The van der Waals surface area contributed by atoms with Gasteiger partial charge in [0.05, 0.1) is 11.4 Å². The summed E-state index contributed by atoms with van der Waals surface area (Å²) in [5.41, 5.74) is 14.1. The molecule has 0 aliphatic rings. The SMILES string of the molecule is c1ccc2c(N(c3ccc4c(c3)oc3ccccc34)c3ccc4c(c3)oc3cc5c(cc34)oc3cc4c(cc35)oc3cc(N(c5ccc6c(c5)oc5ccccc56)c5cccc6ccccc56)ccc34)cccc2c1. The zero-order valence-electron chi connectivity index (χ0n) is 39.9. The second-order valence-corrected chi connectivity index (χ2v) is 19.6. The van der Waals surface area contributed by atoms with Crippen LogP contribution in [0.2, 0.25) is 0 Å². The lowest BCUT2D eigenvalue weighted by Crippen LogP contribution is -2.10. The Balaban J connectivity index is 0.784. The standard InChI is InChI=1S/C68H38N2O5/c1-3-15-45-39(11-1)13-9-19-57(45)69(41-23-27-49-47-17-5-7-21-59(47)71-61(49)31-41)43-25-29-51-53-35-67-55(37-65(53)73-63(51)33-43)56-38-66-54(36-68(56)75-67)52-30-26-44(34-64(52)74-66)70(58-20-10-14-40-12-2-4-16-46(40)58)42-24-28-50-48-18-6-8-22-60(48)72-62(50)32-42/h1-38H. The first-order valence-electron chi connectivity index (χ1n) is 25.2. The van der Waals surface area contributed by atoms with E-state index in [4.69, 9.17) is 22.1 Å². The van der Waals surface area contributed by atoms with Crippen molar-refractivity contribution in [3.05, 3.63) is 231 Å². The minimum atomic E-state index is 0.778. The molecular formula is C68H38N2O5. The van der Waals surface area contributed by atoms with Crippen LogP contribution in [0.4, 0.5) is 34.1 Å². The van der Waals surface area contributed by atoms with Crippen molar-refractivity contribution in [1.29, 1.82) is 0 Å². The predicted molar refractivity (Wildman–Crippen MR) is 307 cm³/mol. The number of hydrogen-bond donors (Lipinski definition) is 0. The van der Waals surface area contributed by atoms with Crippen molar-refractivity contribution in [2.45, 2.75) is 0 Å². The zero-order chi connectivity index (χ0) is 48.9. The van der Waals surface area contributed by atoms with Gasteiger partial charge in [-0.2, -0.15) is 0 Å². The summed E-state index contributed by atoms with van der Waals surface area (Å²) in [6, 6.07) is 80.7. The van der Waals surface area contributed by atoms with Crippen LogP contribution in [0.15, 0.2) is 253 Å². The first-order chi connectivity index (χ1) is 37.1. The molecule has 0 N–H and O–H groups in total. The number of hydrogen-bond acceptors (Lipinski definition) is 7. The van der Waals surface area contributed by atoms with Gasteiger partial charge in [0, 0.05) is 112 Å². The van der Waals surface area contributed by atoms with Crippen LogP contribution in [0.1, 0.15) is 0 Å². The first kappa shape index (κ1) is 40.4. The Labute approximate surface area is 425 Å². The molecule has 0 amide bonds. The van der Waals surface area contributed by atoms with Crippen LogP contribution in [0.25, 0.3) is 131 Å². The van der Waals surface area contributed by atoms with E-state index in [2.05, 4.69) is 216 Å². The Bertz CT molecular complexity index is 4900. The summed E-state index contributed by atoms with van der Waals surface area (Å²) in [4.78, 5) is 4.59. The summed E-state index contributed by atoms with van der Waals surface area (Å²) < 4.78 is 33.2. The number of anilines is 6. The lowest BCUT2D eigenvalue weighted by molar-refractivity contribution is 0.662. The smallest absolute Gasteiger partial charge is 0.137 e. The Hall–Kier alpha value is -10.2. The quantitative estimate of drug-likeness (QED) is 0.164. The van der Waals surface area contributed by atoms with Crippen LogP contribution in [0.3, 0.4) is 0 Å². The van der Waals surface area contributed by atoms with Gasteiger partial charge in [-0.3, -0.25) is 0 Å². The second-order valence-electron chi connectivity index (χ2n) is 19.6. The maximum absolute atomic E-state index is 6.83. The van der Waals surface area contributed by atoms with Gasteiger partial charge in [0.2, 0.25) is 0 Å². The fourth-order valence-corrected chi connectivity index (χ4v) is 11.9. The minimum Gasteiger partial charge on any atom is -0.456 e. The highest BCUT2D eigenvalue weighted by atomic mass is 16.3. The van der Waals surface area contributed by atoms with Crippen molar-refractivity contribution < 1.29 is 22.1 Å². The molecule has 7 nitrogen and oxygen atoms in total. The van der Waals surface area contributed by atoms with E-state index in [0.29, 0.717) is 0 Å². The van der Waals surface area contributed by atoms with Crippen LogP contribution >= 0.6 is 0 Å². The van der Waals surface area contributed by atoms with Gasteiger partial charge in [-0.1, -0.05) is 109 Å². The second kappa shape index (κ2) is 15.1. The molecule has 0 saturated carbocycles. The number of furan rings is 5. The molecule has 17 rings (SSSR count). The van der Waals surface area contributed by atoms with Gasteiger partial charge >= 0.3 is 0 Å². The van der Waals surface area contributed by atoms with E-state index in [9.17, 15) is 0 Å². The molecule has 0 fully saturated rings. The molecule has 350 valence electrons. The predicted octanol–water partition coefficient (Wildman–Crippen LogP) is 20.4. The van der Waals surface area contributed by atoms with Gasteiger partial charge in [0.1, 0.15) is 55.8 Å². The molecule has 75 heavy (non-hydrogen) atoms. The highest BCUT2D eigenvalue weighted by Crippen LogP contribution is 2.47. The van der Waals surface area contributed by atoms with Crippen LogP contribution < -0.4 is 9.80 Å². The average molecular weight is 963 g/mol. The van der Waals surface area contributed by atoms with E-state index in [1.165, 1.54) is 0 Å². The summed E-state index contributed by atoms with van der Waals surface area (Å²) in [6.45, 7) is 0. The van der Waals surface area contributed by atoms with Crippen molar-refractivity contribution in [2.75, 3.05) is 9.80 Å². The molecule has 0 aliphatic heterocycles. The summed E-state index contributed by atoms with van der Waals surface area (Å²) in [7, 11) is 0. The van der Waals surface area contributed by atoms with E-state index in [0.717, 1.165) is 165 Å². The van der Waals surface area contributed by atoms with Gasteiger partial charge in [-0.05, 0) is 108 Å². The summed E-state index contributed by atoms with van der Waals surface area (Å²) >= 11 is 0. The van der Waals surface area contributed by atoms with Crippen molar-refractivity contribution in [1.82, 2.24) is 0 Å². The average Bonchev–Trinajstić information content (AvgIpc) is 4.30. The van der Waals surface area contributed by atoms with Crippen molar-refractivity contribution in [3.8, 4) is 0 Å². The molecule has 0 bridgehead atoms. The van der Waals surface area contributed by atoms with Crippen LogP contribution in [0, 0.1) is 0 Å². The third kappa shape index (κ3) is 5.97. The molecular weight excluding hydrogens is 925 g/mol. The maximum Gasteiger partial charge on any atom is 0.137 e. The van der Waals surface area contributed by atoms with Crippen molar-refractivity contribution in [2.24, 2.45) is 0 Å². The third-order valence-corrected chi connectivity index (χ3v) is 15.4. The molecule has 17 aromatic rings. The Morgan fingerprint density at radius 3 is 0.840 bits per heavy atom. The monoisotopic (exact) mass is 962 g/mol. The summed E-state index contributed by atoms with van der Waals surface area (Å²) in [5.74, 6) is 0. The molecule has 5 heterocycles. The van der Waals surface area contributed by atoms with Crippen LogP contribution in [-0.4, -0.2) is 0 Å². The van der Waals surface area contributed by atoms with Crippen LogP contribution in [-0.2, 0) is 0 Å². The lowest BCUT2D eigenvalue weighted by atomic mass is 10.0. The first-order valence-corrected chi connectivity index (χ1v) is 25.2. The largest absolute Gasteiger partial charge is 0.456 e. The molecule has 0 aliphatic carbocycles. The summed E-state index contributed by atoms with van der Waals surface area (Å²) in [6.07, 6.45) is 0. The number of fused-ring (bicyclic) bond motifs is 17. The molecule has 5 aromatic heterocycles. The Morgan fingerprint density at radius 2 is 0.453 bits per heavy atom. The highest BCUT2D eigenvalue weighted by Gasteiger charge is 2.23. The molecule has 0 spiro atoms. The van der Waals surface area contributed by atoms with Crippen LogP contribution in [0.5, 0.6) is 0 Å². The molecule has 0 atom stereocenters. The normalized spacial score (nSPS) is 12.3. The van der Waals surface area contributed by atoms with E-state index in [1.54, 1.807) is 0 Å². The van der Waals surface area contributed by atoms with Crippen molar-refractivity contribution >= 4 is 165 Å². The molecule has 0 saturated heterocycles. The van der Waals surface area contributed by atoms with E-state index < -0.39 is 0 Å². The maximum atomic E-state index is 6.83. The van der Waals surface area contributed by atoms with E-state index in [-0.39, 0.29) is 0 Å². The molecule has 7 heteroatoms. The number of nitrogens with zero attached hydrogens (tertiary/aromatic N) is 2. The molecule has 0 radical (unpaired) electrons.